The van der Waals surface area contributed by atoms with Crippen molar-refractivity contribution in [2.24, 2.45) is 7.05 Å². The molecule has 1 saturated heterocycles. The first kappa shape index (κ1) is 14.7. The second-order valence-electron chi connectivity index (χ2n) is 5.81. The van der Waals surface area contributed by atoms with Crippen molar-refractivity contribution in [2.45, 2.75) is 31.9 Å². The molecular formula is C16H20N4O2. The molecule has 1 N–H and O–H groups in total. The van der Waals surface area contributed by atoms with E-state index in [4.69, 9.17) is 0 Å². The van der Waals surface area contributed by atoms with Gasteiger partial charge in [0.25, 0.3) is 5.91 Å². The van der Waals surface area contributed by atoms with Crippen LogP contribution in [-0.2, 0) is 13.5 Å². The van der Waals surface area contributed by atoms with Crippen molar-refractivity contribution in [1.29, 1.82) is 0 Å². The molecule has 3 heterocycles. The summed E-state index contributed by atoms with van der Waals surface area (Å²) in [5.41, 5.74) is 2.27. The number of aryl methyl sites for hydroxylation is 2. The molecule has 2 aromatic heterocycles. The maximum absolute atomic E-state index is 12.7. The molecule has 1 amide bonds. The molecule has 2 atom stereocenters. The van der Waals surface area contributed by atoms with Crippen LogP contribution in [-0.4, -0.2) is 49.4 Å². The molecule has 3 rings (SSSR count). The van der Waals surface area contributed by atoms with Gasteiger partial charge in [-0.2, -0.15) is 5.10 Å². The summed E-state index contributed by atoms with van der Waals surface area (Å²) in [7, 11) is 1.86. The average molecular weight is 300 g/mol. The van der Waals surface area contributed by atoms with Gasteiger partial charge in [-0.1, -0.05) is 6.07 Å². The molecule has 22 heavy (non-hydrogen) atoms. The second-order valence-corrected chi connectivity index (χ2v) is 5.81. The molecule has 6 nitrogen and oxygen atoms in total. The third-order valence-corrected chi connectivity index (χ3v) is 4.08. The molecule has 0 radical (unpaired) electrons. The molecule has 0 saturated carbocycles. The van der Waals surface area contributed by atoms with Crippen molar-refractivity contribution in [3.05, 3.63) is 47.5 Å². The summed E-state index contributed by atoms with van der Waals surface area (Å²) >= 11 is 0. The molecule has 0 spiro atoms. The van der Waals surface area contributed by atoms with Crippen LogP contribution in [0.15, 0.2) is 30.6 Å². The van der Waals surface area contributed by atoms with Crippen LogP contribution in [0.1, 0.15) is 28.2 Å². The lowest BCUT2D eigenvalue weighted by molar-refractivity contribution is 0.0634. The van der Waals surface area contributed by atoms with Crippen molar-refractivity contribution in [2.75, 3.05) is 6.54 Å². The van der Waals surface area contributed by atoms with Gasteiger partial charge < -0.3 is 10.0 Å². The maximum Gasteiger partial charge on any atom is 0.272 e. The third kappa shape index (κ3) is 2.87. The van der Waals surface area contributed by atoms with Gasteiger partial charge >= 0.3 is 0 Å². The first-order chi connectivity index (χ1) is 10.5. The van der Waals surface area contributed by atoms with E-state index in [9.17, 15) is 9.90 Å². The number of aromatic nitrogens is 3. The molecule has 0 unspecified atom stereocenters. The van der Waals surface area contributed by atoms with Crippen molar-refractivity contribution in [1.82, 2.24) is 19.7 Å². The highest BCUT2D eigenvalue weighted by molar-refractivity contribution is 5.92. The minimum Gasteiger partial charge on any atom is -0.391 e. The van der Waals surface area contributed by atoms with Crippen LogP contribution in [0.3, 0.4) is 0 Å². The molecule has 1 fully saturated rings. The second kappa shape index (κ2) is 5.88. The number of hydrogen-bond acceptors (Lipinski definition) is 4. The predicted octanol–water partition coefficient (Wildman–Crippen LogP) is 0.942. The van der Waals surface area contributed by atoms with Gasteiger partial charge in [0.15, 0.2) is 0 Å². The van der Waals surface area contributed by atoms with Gasteiger partial charge in [0.05, 0.1) is 18.3 Å². The molecule has 0 aliphatic carbocycles. The zero-order valence-corrected chi connectivity index (χ0v) is 12.8. The maximum atomic E-state index is 12.7. The third-order valence-electron chi connectivity index (χ3n) is 4.08. The van der Waals surface area contributed by atoms with Gasteiger partial charge in [0, 0.05) is 25.5 Å². The first-order valence-electron chi connectivity index (χ1n) is 7.45. The number of aliphatic hydroxyl groups is 1. The van der Waals surface area contributed by atoms with Crippen molar-refractivity contribution < 1.29 is 9.90 Å². The van der Waals surface area contributed by atoms with Gasteiger partial charge in [-0.15, -0.1) is 0 Å². The topological polar surface area (TPSA) is 71.2 Å². The van der Waals surface area contributed by atoms with E-state index in [2.05, 4.69) is 10.1 Å². The van der Waals surface area contributed by atoms with Crippen LogP contribution in [0.2, 0.25) is 0 Å². The lowest BCUT2D eigenvalue weighted by Crippen LogP contribution is -2.41. The van der Waals surface area contributed by atoms with E-state index < -0.39 is 6.10 Å². The van der Waals surface area contributed by atoms with Crippen LogP contribution in [0.5, 0.6) is 0 Å². The van der Waals surface area contributed by atoms with Crippen LogP contribution >= 0.6 is 0 Å². The normalized spacial score (nSPS) is 21.3. The first-order valence-corrected chi connectivity index (χ1v) is 7.45. The summed E-state index contributed by atoms with van der Waals surface area (Å²) in [4.78, 5) is 18.7. The SMILES string of the molecule is Cc1cccc(C(=O)N2CC[C@@H](O)[C@@H]2Cc2cnn(C)c2)n1. The molecule has 1 aliphatic heterocycles. The van der Waals surface area contributed by atoms with Crippen LogP contribution in [0.4, 0.5) is 0 Å². The Hall–Kier alpha value is -2.21. The fourth-order valence-electron chi connectivity index (χ4n) is 2.96. The Morgan fingerprint density at radius 3 is 2.95 bits per heavy atom. The molecule has 116 valence electrons. The van der Waals surface area contributed by atoms with Gasteiger partial charge in [-0.25, -0.2) is 4.98 Å². The van der Waals surface area contributed by atoms with Crippen LogP contribution in [0, 0.1) is 6.92 Å². The molecule has 1 aliphatic rings. The van der Waals surface area contributed by atoms with E-state index in [1.165, 1.54) is 0 Å². The molecular weight excluding hydrogens is 280 g/mol. The summed E-state index contributed by atoms with van der Waals surface area (Å²) < 4.78 is 1.73. The summed E-state index contributed by atoms with van der Waals surface area (Å²) in [6, 6.07) is 5.20. The van der Waals surface area contributed by atoms with Crippen LogP contribution in [0.25, 0.3) is 0 Å². The Morgan fingerprint density at radius 1 is 1.45 bits per heavy atom. The van der Waals surface area contributed by atoms with E-state index in [1.54, 1.807) is 21.8 Å². The summed E-state index contributed by atoms with van der Waals surface area (Å²) in [6.45, 7) is 2.42. The average Bonchev–Trinajstić information content (AvgIpc) is 3.06. The lowest BCUT2D eigenvalue weighted by Gasteiger charge is -2.25. The standard InChI is InChI=1S/C16H20N4O2/c1-11-4-3-5-13(18-11)16(22)20-7-6-15(21)14(20)8-12-9-17-19(2)10-12/h3-5,9-10,14-15,21H,6-8H2,1-2H3/t14-,15+/m0/s1. The van der Waals surface area contributed by atoms with Crippen molar-refractivity contribution >= 4 is 5.91 Å². The van der Waals surface area contributed by atoms with E-state index in [0.717, 1.165) is 11.3 Å². The molecule has 6 heteroatoms. The van der Waals surface area contributed by atoms with E-state index in [0.29, 0.717) is 25.1 Å². The Bertz CT molecular complexity index is 682. The monoisotopic (exact) mass is 300 g/mol. The Labute approximate surface area is 129 Å². The Balaban J connectivity index is 1.80. The highest BCUT2D eigenvalue weighted by Crippen LogP contribution is 2.23. The number of amides is 1. The minimum atomic E-state index is -0.506. The largest absolute Gasteiger partial charge is 0.391 e. The fraction of sp³-hybridized carbons (Fsp3) is 0.438. The van der Waals surface area contributed by atoms with Crippen molar-refractivity contribution in [3.63, 3.8) is 0 Å². The van der Waals surface area contributed by atoms with E-state index in [1.807, 2.05) is 32.3 Å². The lowest BCUT2D eigenvalue weighted by atomic mass is 10.0. The summed E-state index contributed by atoms with van der Waals surface area (Å²) in [5, 5.41) is 14.4. The molecule has 0 aromatic carbocycles. The minimum absolute atomic E-state index is 0.117. The fourth-order valence-corrected chi connectivity index (χ4v) is 2.96. The number of carbonyl (C=O) groups is 1. The number of pyridine rings is 1. The van der Waals surface area contributed by atoms with Crippen LogP contribution < -0.4 is 0 Å². The molecule has 0 bridgehead atoms. The summed E-state index contributed by atoms with van der Waals surface area (Å²) in [6.07, 6.45) is 4.39. The predicted molar refractivity (Wildman–Crippen MR) is 81.3 cm³/mol. The van der Waals surface area contributed by atoms with Gasteiger partial charge in [0.2, 0.25) is 0 Å². The highest BCUT2D eigenvalue weighted by Gasteiger charge is 2.36. The summed E-state index contributed by atoms with van der Waals surface area (Å²) in [5.74, 6) is -0.117. The quantitative estimate of drug-likeness (QED) is 0.916. The van der Waals surface area contributed by atoms with Gasteiger partial charge in [-0.05, 0) is 37.5 Å². The number of carbonyl (C=O) groups excluding carboxylic acids is 1. The number of hydrogen-bond donors (Lipinski definition) is 1. The van der Waals surface area contributed by atoms with E-state index >= 15 is 0 Å². The Kier molecular flexibility index (Phi) is 3.94. The van der Waals surface area contributed by atoms with Gasteiger partial charge in [-0.3, -0.25) is 9.48 Å². The van der Waals surface area contributed by atoms with Gasteiger partial charge in [0.1, 0.15) is 5.69 Å². The highest BCUT2D eigenvalue weighted by atomic mass is 16.3. The number of rotatable bonds is 3. The smallest absolute Gasteiger partial charge is 0.272 e. The van der Waals surface area contributed by atoms with E-state index in [-0.39, 0.29) is 11.9 Å². The number of aliphatic hydroxyl groups excluding tert-OH is 1. The van der Waals surface area contributed by atoms with Crippen molar-refractivity contribution in [3.8, 4) is 0 Å². The number of nitrogens with zero attached hydrogens (tertiary/aromatic N) is 4. The molecule has 2 aromatic rings. The Morgan fingerprint density at radius 2 is 2.27 bits per heavy atom. The zero-order chi connectivity index (χ0) is 15.7. The number of likely N-dealkylation sites (tertiary alicyclic amines) is 1. The zero-order valence-electron chi connectivity index (χ0n) is 12.8.